The van der Waals surface area contributed by atoms with Crippen LogP contribution in [0.2, 0.25) is 0 Å². The molecule has 76 valence electrons. The van der Waals surface area contributed by atoms with Crippen molar-refractivity contribution in [3.63, 3.8) is 0 Å². The Labute approximate surface area is 82.8 Å². The Morgan fingerprint density at radius 3 is 2.43 bits per heavy atom. The van der Waals surface area contributed by atoms with Crippen LogP contribution >= 0.6 is 0 Å². The molecule has 0 fully saturated rings. The van der Waals surface area contributed by atoms with Gasteiger partial charge in [0.2, 0.25) is 0 Å². The molecule has 3 N–H and O–H groups in total. The molecule has 4 heteroatoms. The van der Waals surface area contributed by atoms with Gasteiger partial charge in [-0.3, -0.25) is 9.78 Å². The topological polar surface area (TPSA) is 76.2 Å². The maximum absolute atomic E-state index is 10.6. The van der Waals surface area contributed by atoms with Crippen LogP contribution in [0.15, 0.2) is 12.4 Å². The lowest BCUT2D eigenvalue weighted by Crippen LogP contribution is -2.32. The minimum absolute atomic E-state index is 0.357. The zero-order valence-corrected chi connectivity index (χ0v) is 8.32. The number of carboxylic acid groups (broad SMARTS) is 1. The summed E-state index contributed by atoms with van der Waals surface area (Å²) in [7, 11) is 0. The van der Waals surface area contributed by atoms with Crippen LogP contribution in [-0.4, -0.2) is 22.1 Å². The number of nitrogens with two attached hydrogens (primary N) is 1. The second-order valence-electron chi connectivity index (χ2n) is 3.40. The van der Waals surface area contributed by atoms with Crippen molar-refractivity contribution in [1.29, 1.82) is 0 Å². The first kappa shape index (κ1) is 10.7. The molecule has 0 saturated heterocycles. The van der Waals surface area contributed by atoms with Gasteiger partial charge in [0.15, 0.2) is 0 Å². The molecule has 1 aromatic heterocycles. The molecular weight excluding hydrogens is 180 g/mol. The number of hydrogen-bond donors (Lipinski definition) is 2. The number of carboxylic acids is 1. The highest BCUT2D eigenvalue weighted by atomic mass is 16.4. The Kier molecular flexibility index (Phi) is 3.19. The molecule has 0 spiro atoms. The molecule has 0 aliphatic heterocycles. The number of aryl methyl sites for hydroxylation is 2. The van der Waals surface area contributed by atoms with E-state index in [-0.39, 0.29) is 0 Å². The molecule has 0 bridgehead atoms. The molecule has 1 aromatic rings. The van der Waals surface area contributed by atoms with Crippen LogP contribution in [0.25, 0.3) is 0 Å². The van der Waals surface area contributed by atoms with Crippen LogP contribution in [0, 0.1) is 13.8 Å². The first-order valence-electron chi connectivity index (χ1n) is 4.41. The zero-order valence-electron chi connectivity index (χ0n) is 8.32. The standard InChI is InChI=1S/C10H14N2O2/c1-6-4-12-5-7(2)8(6)3-9(11)10(13)14/h4-5,9H,3,11H2,1-2H3,(H,13,14). The molecule has 0 amide bonds. The minimum Gasteiger partial charge on any atom is -0.480 e. The lowest BCUT2D eigenvalue weighted by molar-refractivity contribution is -0.138. The molecule has 0 saturated carbocycles. The van der Waals surface area contributed by atoms with Crippen LogP contribution < -0.4 is 5.73 Å². The number of rotatable bonds is 3. The van der Waals surface area contributed by atoms with E-state index in [1.807, 2.05) is 13.8 Å². The normalized spacial score (nSPS) is 12.5. The third-order valence-electron chi connectivity index (χ3n) is 2.23. The van der Waals surface area contributed by atoms with Crippen LogP contribution in [0.5, 0.6) is 0 Å². The van der Waals surface area contributed by atoms with Crippen molar-refractivity contribution in [3.05, 3.63) is 29.1 Å². The van der Waals surface area contributed by atoms with Crippen LogP contribution in [0.3, 0.4) is 0 Å². The number of nitrogens with zero attached hydrogens (tertiary/aromatic N) is 1. The molecule has 14 heavy (non-hydrogen) atoms. The maximum Gasteiger partial charge on any atom is 0.320 e. The molecule has 1 unspecified atom stereocenters. The van der Waals surface area contributed by atoms with E-state index in [1.54, 1.807) is 12.4 Å². The predicted molar refractivity (Wildman–Crippen MR) is 53.0 cm³/mol. The summed E-state index contributed by atoms with van der Waals surface area (Å²) in [6.45, 7) is 3.81. The molecule has 0 radical (unpaired) electrons. The summed E-state index contributed by atoms with van der Waals surface area (Å²) >= 11 is 0. The van der Waals surface area contributed by atoms with Crippen LogP contribution in [-0.2, 0) is 11.2 Å². The van der Waals surface area contributed by atoms with E-state index in [1.165, 1.54) is 0 Å². The predicted octanol–water partition coefficient (Wildman–Crippen LogP) is 0.653. The first-order valence-corrected chi connectivity index (χ1v) is 4.41. The lowest BCUT2D eigenvalue weighted by Gasteiger charge is -2.11. The van der Waals surface area contributed by atoms with Crippen molar-refractivity contribution in [3.8, 4) is 0 Å². The van der Waals surface area contributed by atoms with Crippen LogP contribution in [0.1, 0.15) is 16.7 Å². The Morgan fingerprint density at radius 1 is 1.50 bits per heavy atom. The summed E-state index contributed by atoms with van der Waals surface area (Å²) in [6.07, 6.45) is 3.79. The third kappa shape index (κ3) is 2.29. The maximum atomic E-state index is 10.6. The van der Waals surface area contributed by atoms with Gasteiger partial charge < -0.3 is 10.8 Å². The molecule has 0 aliphatic carbocycles. The highest BCUT2D eigenvalue weighted by Gasteiger charge is 2.14. The van der Waals surface area contributed by atoms with Crippen molar-refractivity contribution in [2.45, 2.75) is 26.3 Å². The van der Waals surface area contributed by atoms with Crippen LogP contribution in [0.4, 0.5) is 0 Å². The van der Waals surface area contributed by atoms with Gasteiger partial charge in [0.1, 0.15) is 6.04 Å². The summed E-state index contributed by atoms with van der Waals surface area (Å²) in [6, 6.07) is -0.838. The first-order chi connectivity index (χ1) is 6.52. The number of aliphatic carboxylic acids is 1. The Bertz CT molecular complexity index is 330. The molecule has 0 aromatic carbocycles. The zero-order chi connectivity index (χ0) is 10.7. The molecule has 1 heterocycles. The van der Waals surface area contributed by atoms with Gasteiger partial charge in [0, 0.05) is 12.4 Å². The molecule has 0 aliphatic rings. The van der Waals surface area contributed by atoms with E-state index in [9.17, 15) is 4.79 Å². The van der Waals surface area contributed by atoms with Gasteiger partial charge >= 0.3 is 5.97 Å². The van der Waals surface area contributed by atoms with Gasteiger partial charge in [-0.25, -0.2) is 0 Å². The smallest absolute Gasteiger partial charge is 0.320 e. The van der Waals surface area contributed by atoms with E-state index in [0.717, 1.165) is 16.7 Å². The monoisotopic (exact) mass is 194 g/mol. The van der Waals surface area contributed by atoms with E-state index >= 15 is 0 Å². The second kappa shape index (κ2) is 4.19. The van der Waals surface area contributed by atoms with Crippen molar-refractivity contribution >= 4 is 5.97 Å². The largest absolute Gasteiger partial charge is 0.480 e. The van der Waals surface area contributed by atoms with Gasteiger partial charge in [-0.05, 0) is 37.0 Å². The number of pyridine rings is 1. The summed E-state index contributed by atoms with van der Waals surface area (Å²) in [5.41, 5.74) is 8.42. The quantitative estimate of drug-likeness (QED) is 0.740. The number of hydrogen-bond acceptors (Lipinski definition) is 3. The lowest BCUT2D eigenvalue weighted by atomic mass is 9.99. The molecule has 4 nitrogen and oxygen atoms in total. The Balaban J connectivity index is 2.91. The summed E-state index contributed by atoms with van der Waals surface area (Å²) < 4.78 is 0. The van der Waals surface area contributed by atoms with Gasteiger partial charge in [0.05, 0.1) is 0 Å². The number of aromatic nitrogens is 1. The average molecular weight is 194 g/mol. The van der Waals surface area contributed by atoms with Gasteiger partial charge in [-0.15, -0.1) is 0 Å². The minimum atomic E-state index is -0.972. The van der Waals surface area contributed by atoms with Crippen molar-refractivity contribution in [2.24, 2.45) is 5.73 Å². The van der Waals surface area contributed by atoms with E-state index in [0.29, 0.717) is 6.42 Å². The van der Waals surface area contributed by atoms with Crippen molar-refractivity contribution < 1.29 is 9.90 Å². The summed E-state index contributed by atoms with van der Waals surface area (Å²) in [5.74, 6) is -0.972. The highest BCUT2D eigenvalue weighted by molar-refractivity contribution is 5.73. The van der Waals surface area contributed by atoms with Gasteiger partial charge in [-0.2, -0.15) is 0 Å². The van der Waals surface area contributed by atoms with Crippen molar-refractivity contribution in [1.82, 2.24) is 4.98 Å². The fourth-order valence-electron chi connectivity index (χ4n) is 1.36. The third-order valence-corrected chi connectivity index (χ3v) is 2.23. The Hall–Kier alpha value is -1.42. The second-order valence-corrected chi connectivity index (χ2v) is 3.40. The summed E-state index contributed by atoms with van der Waals surface area (Å²) in [5, 5.41) is 8.68. The molecule has 1 rings (SSSR count). The van der Waals surface area contributed by atoms with E-state index < -0.39 is 12.0 Å². The van der Waals surface area contributed by atoms with Crippen molar-refractivity contribution in [2.75, 3.05) is 0 Å². The summed E-state index contributed by atoms with van der Waals surface area (Å²) in [4.78, 5) is 14.6. The SMILES string of the molecule is Cc1cncc(C)c1CC(N)C(=O)O. The molecule has 1 atom stereocenters. The number of carbonyl (C=O) groups is 1. The highest BCUT2D eigenvalue weighted by Crippen LogP contribution is 2.13. The van der Waals surface area contributed by atoms with Gasteiger partial charge in [0.25, 0.3) is 0 Å². The van der Waals surface area contributed by atoms with E-state index in [4.69, 9.17) is 10.8 Å². The fraction of sp³-hybridized carbons (Fsp3) is 0.400. The molecular formula is C10H14N2O2. The van der Waals surface area contributed by atoms with Gasteiger partial charge in [-0.1, -0.05) is 0 Å². The fourth-order valence-corrected chi connectivity index (χ4v) is 1.36. The average Bonchev–Trinajstić information content (AvgIpc) is 2.11. The Morgan fingerprint density at radius 2 is 2.00 bits per heavy atom. The van der Waals surface area contributed by atoms with E-state index in [2.05, 4.69) is 4.98 Å².